The molecule has 2 amide bonds. The lowest BCUT2D eigenvalue weighted by Crippen LogP contribution is -2.29. The second-order valence-corrected chi connectivity index (χ2v) is 7.74. The molecule has 120 valence electrons. The summed E-state index contributed by atoms with van der Waals surface area (Å²) in [5, 5.41) is 8.87. The van der Waals surface area contributed by atoms with Crippen LogP contribution in [-0.2, 0) is 4.79 Å². The Morgan fingerprint density at radius 1 is 1.25 bits per heavy atom. The number of carbonyl (C=O) groups is 2. The summed E-state index contributed by atoms with van der Waals surface area (Å²) in [5.74, 6) is -0.100. The van der Waals surface area contributed by atoms with Gasteiger partial charge in [0.05, 0.1) is 16.5 Å². The number of fused-ring (bicyclic) bond motifs is 1. The number of hydrogen-bond acceptors (Lipinski definition) is 5. The molecule has 0 radical (unpaired) electrons. The third kappa shape index (κ3) is 2.65. The van der Waals surface area contributed by atoms with Crippen LogP contribution in [0, 0.1) is 0 Å². The summed E-state index contributed by atoms with van der Waals surface area (Å²) >= 11 is 2.79. The molecule has 0 bridgehead atoms. The van der Waals surface area contributed by atoms with E-state index in [2.05, 4.69) is 15.8 Å². The molecule has 0 aliphatic carbocycles. The molecule has 24 heavy (non-hydrogen) atoms. The van der Waals surface area contributed by atoms with Gasteiger partial charge in [0.1, 0.15) is 0 Å². The van der Waals surface area contributed by atoms with Crippen molar-refractivity contribution in [2.75, 3.05) is 5.32 Å². The van der Waals surface area contributed by atoms with Gasteiger partial charge in [-0.25, -0.2) is 5.43 Å². The lowest BCUT2D eigenvalue weighted by atomic mass is 10.00. The van der Waals surface area contributed by atoms with Gasteiger partial charge in [0.2, 0.25) is 0 Å². The number of nitrogens with zero attached hydrogens (tertiary/aromatic N) is 1. The van der Waals surface area contributed by atoms with Gasteiger partial charge < -0.3 is 5.32 Å². The number of benzene rings is 1. The summed E-state index contributed by atoms with van der Waals surface area (Å²) in [7, 11) is 0. The average Bonchev–Trinajstić information content (AvgIpc) is 3.16. The van der Waals surface area contributed by atoms with Crippen molar-refractivity contribution < 1.29 is 9.59 Å². The van der Waals surface area contributed by atoms with Crippen molar-refractivity contribution in [2.45, 2.75) is 12.2 Å². The van der Waals surface area contributed by atoms with Gasteiger partial charge in [-0.1, -0.05) is 23.9 Å². The Labute approximate surface area is 146 Å². The highest BCUT2D eigenvalue weighted by Crippen LogP contribution is 2.35. The molecule has 2 aromatic rings. The summed E-state index contributed by atoms with van der Waals surface area (Å²) in [6.07, 6.45) is 1.90. The predicted molar refractivity (Wildman–Crippen MR) is 99.4 cm³/mol. The molecule has 1 aromatic carbocycles. The molecular weight excluding hydrogens is 342 g/mol. The third-order valence-corrected chi connectivity index (χ3v) is 5.57. The minimum absolute atomic E-state index is 0.0356. The molecule has 0 saturated heterocycles. The minimum Gasteiger partial charge on any atom is -0.321 e. The molecule has 4 rings (SSSR count). The maximum atomic E-state index is 12.3. The van der Waals surface area contributed by atoms with Gasteiger partial charge in [-0.3, -0.25) is 9.59 Å². The lowest BCUT2D eigenvalue weighted by molar-refractivity contribution is -0.110. The maximum Gasteiger partial charge on any atom is 0.299 e. The molecule has 7 heteroatoms. The molecule has 1 atom stereocenters. The first kappa shape index (κ1) is 15.2. The Morgan fingerprint density at radius 2 is 2.12 bits per heavy atom. The van der Waals surface area contributed by atoms with Crippen LogP contribution in [0.3, 0.4) is 0 Å². The predicted octanol–water partition coefficient (Wildman–Crippen LogP) is 3.79. The number of hydrazone groups is 1. The highest BCUT2D eigenvalue weighted by Gasteiger charge is 2.27. The van der Waals surface area contributed by atoms with Crippen LogP contribution in [0.25, 0.3) is 11.6 Å². The van der Waals surface area contributed by atoms with Crippen molar-refractivity contribution >= 4 is 57.3 Å². The highest BCUT2D eigenvalue weighted by molar-refractivity contribution is 8.14. The molecule has 2 aliphatic rings. The molecule has 2 aliphatic heterocycles. The number of carbonyl (C=O) groups excluding carboxylic acids is 2. The quantitative estimate of drug-likeness (QED) is 0.805. The molecule has 0 saturated carbocycles. The number of hydrogen-bond donors (Lipinski definition) is 2. The molecule has 1 aromatic heterocycles. The topological polar surface area (TPSA) is 70.6 Å². The van der Waals surface area contributed by atoms with Crippen molar-refractivity contribution in [3.05, 3.63) is 51.7 Å². The molecule has 0 spiro atoms. The van der Waals surface area contributed by atoms with Crippen LogP contribution in [0.1, 0.15) is 22.9 Å². The summed E-state index contributed by atoms with van der Waals surface area (Å²) in [5.41, 5.74) is 6.52. The summed E-state index contributed by atoms with van der Waals surface area (Å²) < 4.78 is 0. The molecule has 5 nitrogen and oxygen atoms in total. The zero-order valence-corrected chi connectivity index (χ0v) is 14.3. The van der Waals surface area contributed by atoms with E-state index in [4.69, 9.17) is 0 Å². The van der Waals surface area contributed by atoms with Crippen LogP contribution in [0.15, 0.2) is 40.8 Å². The Morgan fingerprint density at radius 3 is 2.88 bits per heavy atom. The van der Waals surface area contributed by atoms with Crippen LogP contribution in [-0.4, -0.2) is 22.1 Å². The van der Waals surface area contributed by atoms with Crippen LogP contribution in [0.4, 0.5) is 10.5 Å². The van der Waals surface area contributed by atoms with E-state index in [9.17, 15) is 9.59 Å². The molecule has 1 unspecified atom stereocenters. The van der Waals surface area contributed by atoms with Crippen molar-refractivity contribution in [3.8, 4) is 0 Å². The Hall–Kier alpha value is -2.38. The summed E-state index contributed by atoms with van der Waals surface area (Å²) in [4.78, 5) is 24.7. The maximum absolute atomic E-state index is 12.3. The first-order valence-electron chi connectivity index (χ1n) is 7.37. The Balaban J connectivity index is 1.77. The van der Waals surface area contributed by atoms with E-state index in [0.29, 0.717) is 5.57 Å². The largest absolute Gasteiger partial charge is 0.321 e. The number of amides is 2. The standard InChI is InChI=1S/C17H13N3O2S2/c1-9-15(19-20-17(22)24-9)10-4-5-14-12(7-10)13(16(21)18-14)8-11-3-2-6-23-11/h2-9H,1H3,(H,18,21)(H,20,22). The molecule has 2 N–H and O–H groups in total. The fourth-order valence-electron chi connectivity index (χ4n) is 2.75. The van der Waals surface area contributed by atoms with E-state index < -0.39 is 0 Å². The highest BCUT2D eigenvalue weighted by atomic mass is 32.2. The smallest absolute Gasteiger partial charge is 0.299 e. The van der Waals surface area contributed by atoms with Gasteiger partial charge in [0.15, 0.2) is 0 Å². The van der Waals surface area contributed by atoms with Crippen molar-refractivity contribution in [3.63, 3.8) is 0 Å². The SMILES string of the molecule is CC1SC(=O)NN=C1c1ccc2c(c1)C(=Cc1cccs1)C(=O)N2. The summed E-state index contributed by atoms with van der Waals surface area (Å²) in [6.45, 7) is 1.95. The number of rotatable bonds is 2. The minimum atomic E-state index is -0.150. The van der Waals surface area contributed by atoms with Crippen molar-refractivity contribution in [1.82, 2.24) is 5.43 Å². The lowest BCUT2D eigenvalue weighted by Gasteiger charge is -2.18. The number of thioether (sulfide) groups is 1. The van der Waals surface area contributed by atoms with E-state index >= 15 is 0 Å². The molecule has 0 fully saturated rings. The first-order valence-corrected chi connectivity index (χ1v) is 9.13. The van der Waals surface area contributed by atoms with E-state index in [1.165, 1.54) is 11.8 Å². The normalized spacial score (nSPS) is 21.3. The van der Waals surface area contributed by atoms with Gasteiger partial charge >= 0.3 is 0 Å². The van der Waals surface area contributed by atoms with E-state index in [0.717, 1.165) is 27.4 Å². The van der Waals surface area contributed by atoms with Gasteiger partial charge in [-0.05, 0) is 42.1 Å². The van der Waals surface area contributed by atoms with Gasteiger partial charge in [-0.15, -0.1) is 11.3 Å². The number of nitrogens with one attached hydrogen (secondary N) is 2. The van der Waals surface area contributed by atoms with E-state index in [-0.39, 0.29) is 16.4 Å². The zero-order valence-electron chi connectivity index (χ0n) is 12.7. The monoisotopic (exact) mass is 355 g/mol. The second kappa shape index (κ2) is 5.92. The number of thiophene rings is 1. The zero-order chi connectivity index (χ0) is 16.7. The van der Waals surface area contributed by atoms with Crippen LogP contribution < -0.4 is 10.7 Å². The summed E-state index contributed by atoms with van der Waals surface area (Å²) in [6, 6.07) is 9.70. The molecule has 3 heterocycles. The van der Waals surface area contributed by atoms with E-state index in [1.807, 2.05) is 48.7 Å². The van der Waals surface area contributed by atoms with Crippen LogP contribution >= 0.6 is 23.1 Å². The number of anilines is 1. The van der Waals surface area contributed by atoms with Crippen LogP contribution in [0.2, 0.25) is 0 Å². The van der Waals surface area contributed by atoms with Crippen molar-refractivity contribution in [2.24, 2.45) is 5.10 Å². The molecular formula is C17H13N3O2S2. The van der Waals surface area contributed by atoms with Crippen LogP contribution in [0.5, 0.6) is 0 Å². The first-order chi connectivity index (χ1) is 11.6. The fraction of sp³-hybridized carbons (Fsp3) is 0.118. The van der Waals surface area contributed by atoms with Gasteiger partial charge in [-0.2, -0.15) is 5.10 Å². The Kier molecular flexibility index (Phi) is 3.74. The average molecular weight is 355 g/mol. The van der Waals surface area contributed by atoms with Gasteiger partial charge in [0.25, 0.3) is 11.1 Å². The second-order valence-electron chi connectivity index (χ2n) is 5.44. The van der Waals surface area contributed by atoms with Crippen molar-refractivity contribution in [1.29, 1.82) is 0 Å². The Bertz CT molecular complexity index is 901. The third-order valence-electron chi connectivity index (χ3n) is 3.86. The van der Waals surface area contributed by atoms with Gasteiger partial charge in [0, 0.05) is 16.1 Å². The van der Waals surface area contributed by atoms with E-state index in [1.54, 1.807) is 11.3 Å². The fourth-order valence-corrected chi connectivity index (χ4v) is 4.12.